The van der Waals surface area contributed by atoms with Gasteiger partial charge in [0, 0.05) is 25.9 Å². The molecule has 0 radical (unpaired) electrons. The number of amides is 1. The molecule has 1 aromatic carbocycles. The Labute approximate surface area is 158 Å². The number of piperidine rings is 1. The molecule has 0 unspecified atom stereocenters. The summed E-state index contributed by atoms with van der Waals surface area (Å²) in [6, 6.07) is 4.15. The number of carbonyl (C=O) groups excluding carboxylic acids is 1. The summed E-state index contributed by atoms with van der Waals surface area (Å²) >= 11 is 0. The van der Waals surface area contributed by atoms with Gasteiger partial charge in [0.05, 0.1) is 17.6 Å². The molecule has 8 heteroatoms. The molecule has 0 aliphatic carbocycles. The van der Waals surface area contributed by atoms with Crippen molar-refractivity contribution in [3.8, 4) is 0 Å². The van der Waals surface area contributed by atoms with Crippen LogP contribution in [-0.4, -0.2) is 48.1 Å². The predicted molar refractivity (Wildman–Crippen MR) is 96.6 cm³/mol. The van der Waals surface area contributed by atoms with Gasteiger partial charge in [-0.3, -0.25) is 4.79 Å². The van der Waals surface area contributed by atoms with Crippen LogP contribution in [0.3, 0.4) is 0 Å². The first-order valence-electron chi connectivity index (χ1n) is 9.20. The number of alkyl halides is 2. The van der Waals surface area contributed by atoms with Crippen LogP contribution in [0.25, 0.3) is 0 Å². The zero-order valence-corrected chi connectivity index (χ0v) is 16.2. The van der Waals surface area contributed by atoms with E-state index in [0.717, 1.165) is 0 Å². The molecule has 2 saturated heterocycles. The largest absolute Gasteiger partial charge is 0.495 e. The van der Waals surface area contributed by atoms with Crippen molar-refractivity contribution in [1.82, 2.24) is 4.90 Å². The Bertz CT molecular complexity index is 713. The van der Waals surface area contributed by atoms with Crippen LogP contribution in [0.15, 0.2) is 18.2 Å². The second-order valence-corrected chi connectivity index (χ2v) is 8.34. The fraction of sp³-hybridized carbons (Fsp3) is 0.632. The monoisotopic (exact) mass is 383 g/mol. The molecule has 0 aromatic heterocycles. The van der Waals surface area contributed by atoms with E-state index in [1.807, 2.05) is 27.7 Å². The summed E-state index contributed by atoms with van der Waals surface area (Å²) in [4.78, 5) is 14.0. The highest BCUT2D eigenvalue weighted by Crippen LogP contribution is 2.36. The van der Waals surface area contributed by atoms with E-state index in [9.17, 15) is 18.0 Å². The molecule has 0 atom stereocenters. The lowest BCUT2D eigenvalue weighted by Crippen LogP contribution is -2.44. The van der Waals surface area contributed by atoms with Gasteiger partial charge in [-0.25, -0.2) is 13.2 Å². The first kappa shape index (κ1) is 20.2. The summed E-state index contributed by atoms with van der Waals surface area (Å²) in [6.45, 7) is 7.66. The number of halogens is 3. The predicted octanol–water partition coefficient (Wildman–Crippen LogP) is 2.93. The van der Waals surface area contributed by atoms with Gasteiger partial charge in [-0.05, 0) is 50.9 Å². The van der Waals surface area contributed by atoms with Crippen molar-refractivity contribution in [1.29, 1.82) is 0 Å². The Morgan fingerprint density at radius 2 is 1.67 bits per heavy atom. The van der Waals surface area contributed by atoms with Crippen LogP contribution in [0.2, 0.25) is 0 Å². The minimum Gasteiger partial charge on any atom is -0.399 e. The summed E-state index contributed by atoms with van der Waals surface area (Å²) in [6.07, 6.45) is -0.763. The number of rotatable bonds is 3. The topological polar surface area (TPSA) is 38.8 Å². The van der Waals surface area contributed by atoms with Gasteiger partial charge in [0.2, 0.25) is 5.91 Å². The average molecular weight is 383 g/mol. The Morgan fingerprint density at radius 3 is 2.22 bits per heavy atom. The highest BCUT2D eigenvalue weighted by atomic mass is 19.3. The number of hydrogen-bond donors (Lipinski definition) is 0. The summed E-state index contributed by atoms with van der Waals surface area (Å²) in [5.74, 6) is -3.49. The smallest absolute Gasteiger partial charge is 0.399 e. The number of hydrogen-bond acceptors (Lipinski definition) is 3. The van der Waals surface area contributed by atoms with Gasteiger partial charge in [0.25, 0.3) is 5.92 Å². The van der Waals surface area contributed by atoms with Crippen LogP contribution in [0, 0.1) is 5.82 Å². The fourth-order valence-electron chi connectivity index (χ4n) is 3.29. The zero-order valence-electron chi connectivity index (χ0n) is 16.2. The fourth-order valence-corrected chi connectivity index (χ4v) is 3.29. The van der Waals surface area contributed by atoms with E-state index >= 15 is 0 Å². The molecule has 1 aromatic rings. The van der Waals surface area contributed by atoms with Gasteiger partial charge in [0.1, 0.15) is 5.82 Å². The van der Waals surface area contributed by atoms with Gasteiger partial charge in [-0.15, -0.1) is 0 Å². The molecule has 2 aliphatic rings. The lowest BCUT2D eigenvalue weighted by Gasteiger charge is -2.32. The molecule has 27 heavy (non-hydrogen) atoms. The summed E-state index contributed by atoms with van der Waals surface area (Å²) < 4.78 is 52.5. The van der Waals surface area contributed by atoms with Crippen LogP contribution in [0.5, 0.6) is 0 Å². The molecule has 0 spiro atoms. The SMILES string of the molecule is CC1(C)OB(c2ccc(F)cc2CC(=O)N2CCC(F)(F)CC2)OC1(C)C. The van der Waals surface area contributed by atoms with E-state index in [1.165, 1.54) is 17.0 Å². The second-order valence-electron chi connectivity index (χ2n) is 8.34. The Hall–Kier alpha value is -1.54. The van der Waals surface area contributed by atoms with Crippen molar-refractivity contribution >= 4 is 18.5 Å². The van der Waals surface area contributed by atoms with Crippen molar-refractivity contribution in [2.45, 2.75) is 64.1 Å². The van der Waals surface area contributed by atoms with E-state index in [4.69, 9.17) is 9.31 Å². The summed E-state index contributed by atoms with van der Waals surface area (Å²) in [7, 11) is -0.718. The van der Waals surface area contributed by atoms with Crippen molar-refractivity contribution in [3.63, 3.8) is 0 Å². The lowest BCUT2D eigenvalue weighted by molar-refractivity contribution is -0.136. The van der Waals surface area contributed by atoms with E-state index < -0.39 is 30.1 Å². The molecule has 148 valence electrons. The average Bonchev–Trinajstić information content (AvgIpc) is 2.75. The molecule has 0 N–H and O–H groups in total. The molecule has 0 saturated carbocycles. The van der Waals surface area contributed by atoms with Crippen molar-refractivity contribution in [3.05, 3.63) is 29.6 Å². The van der Waals surface area contributed by atoms with Crippen molar-refractivity contribution in [2.24, 2.45) is 0 Å². The van der Waals surface area contributed by atoms with E-state index in [0.29, 0.717) is 11.0 Å². The molecule has 0 bridgehead atoms. The van der Waals surface area contributed by atoms with Crippen LogP contribution in [-0.2, 0) is 20.5 Å². The summed E-state index contributed by atoms with van der Waals surface area (Å²) in [5, 5.41) is 0. The maximum absolute atomic E-state index is 13.8. The van der Waals surface area contributed by atoms with Gasteiger partial charge < -0.3 is 14.2 Å². The zero-order chi connectivity index (χ0) is 20.0. The van der Waals surface area contributed by atoms with Crippen molar-refractivity contribution in [2.75, 3.05) is 13.1 Å². The first-order valence-corrected chi connectivity index (χ1v) is 9.20. The third kappa shape index (κ3) is 4.16. The minimum absolute atomic E-state index is 0.00692. The van der Waals surface area contributed by atoms with Gasteiger partial charge in [-0.1, -0.05) is 6.07 Å². The quantitative estimate of drug-likeness (QED) is 0.754. The molecule has 2 heterocycles. The van der Waals surface area contributed by atoms with Crippen LogP contribution < -0.4 is 5.46 Å². The highest BCUT2D eigenvalue weighted by molar-refractivity contribution is 6.62. The van der Waals surface area contributed by atoms with E-state index in [2.05, 4.69) is 0 Å². The number of benzene rings is 1. The molecule has 2 aliphatic heterocycles. The molecule has 3 rings (SSSR count). The third-order valence-electron chi connectivity index (χ3n) is 5.80. The molecule has 1 amide bonds. The Balaban J connectivity index is 1.78. The Morgan fingerprint density at radius 1 is 1.11 bits per heavy atom. The second kappa shape index (κ2) is 6.81. The normalized spacial score (nSPS) is 23.5. The highest BCUT2D eigenvalue weighted by Gasteiger charge is 2.52. The Kier molecular flexibility index (Phi) is 5.10. The van der Waals surface area contributed by atoms with Crippen molar-refractivity contribution < 1.29 is 27.3 Å². The standard InChI is InChI=1S/C19H25BF3NO3/c1-17(2)18(3,4)27-20(26-17)15-6-5-14(21)11-13(15)12-16(25)24-9-7-19(22,23)8-10-24/h5-6,11H,7-10,12H2,1-4H3. The number of nitrogens with zero attached hydrogens (tertiary/aromatic N) is 1. The van der Waals surface area contributed by atoms with Gasteiger partial charge >= 0.3 is 7.12 Å². The first-order chi connectivity index (χ1) is 12.4. The van der Waals surface area contributed by atoms with Crippen LogP contribution in [0.1, 0.15) is 46.1 Å². The van der Waals surface area contributed by atoms with Crippen LogP contribution in [0.4, 0.5) is 13.2 Å². The number of likely N-dealkylation sites (tertiary alicyclic amines) is 1. The van der Waals surface area contributed by atoms with Gasteiger partial charge in [0.15, 0.2) is 0 Å². The maximum Gasteiger partial charge on any atom is 0.495 e. The minimum atomic E-state index is -2.72. The lowest BCUT2D eigenvalue weighted by atomic mass is 9.75. The van der Waals surface area contributed by atoms with Crippen LogP contribution >= 0.6 is 0 Å². The van der Waals surface area contributed by atoms with E-state index in [-0.39, 0.29) is 38.3 Å². The maximum atomic E-state index is 13.8. The number of carbonyl (C=O) groups is 1. The third-order valence-corrected chi connectivity index (χ3v) is 5.80. The molecule has 4 nitrogen and oxygen atoms in total. The van der Waals surface area contributed by atoms with Gasteiger partial charge in [-0.2, -0.15) is 0 Å². The van der Waals surface area contributed by atoms with E-state index in [1.54, 1.807) is 6.07 Å². The molecular formula is C19H25BF3NO3. The molecular weight excluding hydrogens is 358 g/mol. The molecule has 2 fully saturated rings. The summed E-state index contributed by atoms with van der Waals surface area (Å²) in [5.41, 5.74) is -0.0843.